The van der Waals surface area contributed by atoms with Gasteiger partial charge in [-0.3, -0.25) is 4.79 Å². The second-order valence-electron chi connectivity index (χ2n) is 13.1. The van der Waals surface area contributed by atoms with Crippen LogP contribution in [0.5, 0.6) is 11.6 Å². The van der Waals surface area contributed by atoms with Crippen molar-refractivity contribution in [3.8, 4) is 33.3 Å². The second-order valence-corrected chi connectivity index (χ2v) is 14.2. The predicted molar refractivity (Wildman–Crippen MR) is 171 cm³/mol. The Kier molecular flexibility index (Phi) is 5.56. The number of nitrogens with zero attached hydrogens (tertiary/aromatic N) is 3. The second kappa shape index (κ2) is 9.33. The SMILES string of the molecule is COc1cc(-c2ccc3cc(-c4sc5cc(C(=O)N6CC7CC8CC6[C@H]87)cc(OC)c5c4C)n(CC4CC4)c3c2)ccn1. The van der Waals surface area contributed by atoms with E-state index in [0.29, 0.717) is 17.8 Å². The summed E-state index contributed by atoms with van der Waals surface area (Å²) in [6.45, 7) is 4.14. The van der Waals surface area contributed by atoms with Crippen molar-refractivity contribution in [2.75, 3.05) is 20.8 Å². The highest BCUT2D eigenvalue weighted by molar-refractivity contribution is 7.22. The molecule has 0 radical (unpaired) electrons. The maximum atomic E-state index is 13.8. The zero-order chi connectivity index (χ0) is 29.0. The van der Waals surface area contributed by atoms with Crippen LogP contribution in [0.4, 0.5) is 0 Å². The molecular formula is C36H35N3O3S. The highest BCUT2D eigenvalue weighted by atomic mass is 32.1. The Balaban J connectivity index is 1.15. The number of hydrogen-bond acceptors (Lipinski definition) is 5. The maximum Gasteiger partial charge on any atom is 0.254 e. The molecule has 9 rings (SSSR count). The number of aryl methyl sites for hydroxylation is 1. The van der Waals surface area contributed by atoms with Gasteiger partial charge in [0.05, 0.1) is 24.8 Å². The first-order valence-corrected chi connectivity index (χ1v) is 16.4. The quantitative estimate of drug-likeness (QED) is 0.194. The van der Waals surface area contributed by atoms with Gasteiger partial charge in [0, 0.05) is 57.9 Å². The first kappa shape index (κ1) is 25.6. The van der Waals surface area contributed by atoms with Gasteiger partial charge in [-0.1, -0.05) is 12.1 Å². The minimum absolute atomic E-state index is 0.175. The molecule has 3 aromatic heterocycles. The third-order valence-electron chi connectivity index (χ3n) is 10.8. The minimum atomic E-state index is 0.175. The zero-order valence-corrected chi connectivity index (χ0v) is 25.6. The van der Waals surface area contributed by atoms with E-state index in [0.717, 1.165) is 63.4 Å². The number of methoxy groups -OCH3 is 2. The van der Waals surface area contributed by atoms with E-state index in [1.807, 2.05) is 18.2 Å². The van der Waals surface area contributed by atoms with E-state index in [9.17, 15) is 4.79 Å². The predicted octanol–water partition coefficient (Wildman–Crippen LogP) is 7.80. The number of ether oxygens (including phenoxy) is 2. The Morgan fingerprint density at radius 2 is 1.86 bits per heavy atom. The summed E-state index contributed by atoms with van der Waals surface area (Å²) in [5.74, 6) is 4.67. The smallest absolute Gasteiger partial charge is 0.254 e. The van der Waals surface area contributed by atoms with Gasteiger partial charge in [-0.2, -0.15) is 0 Å². The van der Waals surface area contributed by atoms with Gasteiger partial charge < -0.3 is 18.9 Å². The van der Waals surface area contributed by atoms with Crippen LogP contribution in [0.1, 0.15) is 41.6 Å². The van der Waals surface area contributed by atoms with E-state index >= 15 is 0 Å². The third-order valence-corrected chi connectivity index (χ3v) is 12.0. The fourth-order valence-electron chi connectivity index (χ4n) is 8.31. The maximum absolute atomic E-state index is 13.8. The van der Waals surface area contributed by atoms with E-state index in [1.54, 1.807) is 31.8 Å². The molecule has 4 aliphatic rings. The number of aromatic nitrogens is 2. The minimum Gasteiger partial charge on any atom is -0.496 e. The molecule has 2 aromatic carbocycles. The van der Waals surface area contributed by atoms with Crippen LogP contribution in [0.2, 0.25) is 0 Å². The number of benzene rings is 2. The molecule has 3 unspecified atom stereocenters. The van der Waals surface area contributed by atoms with E-state index in [-0.39, 0.29) is 5.91 Å². The molecule has 0 spiro atoms. The van der Waals surface area contributed by atoms with Gasteiger partial charge in [0.1, 0.15) is 5.75 Å². The Morgan fingerprint density at radius 3 is 2.63 bits per heavy atom. The molecule has 3 saturated carbocycles. The number of thiophene rings is 1. The third kappa shape index (κ3) is 3.83. The number of carbonyl (C=O) groups excluding carboxylic acids is 1. The normalized spacial score (nSPS) is 23.7. The standard InChI is InChI=1S/C36H35N3O3S/c1-19-33-30(41-2)14-25(36(40)39-18-26-10-24-13-28(39)34(24)26)15-31(33)43-35(19)29-12-23-7-6-21(22-8-9-37-32(16-22)42-3)11-27(23)38(29)17-20-4-5-20/h6-9,11-12,14-16,20,24,26,28,34H,4-5,10,13,17-18H2,1-3H3/t24?,26?,28?,34-/m1/s1. The number of rotatable bonds is 7. The van der Waals surface area contributed by atoms with Crippen molar-refractivity contribution in [1.29, 1.82) is 0 Å². The Hall–Kier alpha value is -3.84. The van der Waals surface area contributed by atoms with Crippen molar-refractivity contribution in [1.82, 2.24) is 14.5 Å². The van der Waals surface area contributed by atoms with E-state index in [2.05, 4.69) is 51.7 Å². The molecule has 4 heterocycles. The van der Waals surface area contributed by atoms with Crippen molar-refractivity contribution in [3.63, 3.8) is 0 Å². The summed E-state index contributed by atoms with van der Waals surface area (Å²) in [7, 11) is 3.38. The molecule has 6 nitrogen and oxygen atoms in total. The van der Waals surface area contributed by atoms with Gasteiger partial charge in [-0.05, 0) is 103 Å². The first-order valence-electron chi connectivity index (χ1n) is 15.6. The van der Waals surface area contributed by atoms with E-state index in [4.69, 9.17) is 9.47 Å². The summed E-state index contributed by atoms with van der Waals surface area (Å²) < 4.78 is 15.0. The van der Waals surface area contributed by atoms with Crippen molar-refractivity contribution in [2.24, 2.45) is 23.7 Å². The van der Waals surface area contributed by atoms with Crippen molar-refractivity contribution in [3.05, 3.63) is 65.9 Å². The summed E-state index contributed by atoms with van der Waals surface area (Å²) in [5.41, 5.74) is 6.72. The number of pyridine rings is 1. The summed E-state index contributed by atoms with van der Waals surface area (Å²) in [5, 5.41) is 2.36. The lowest BCUT2D eigenvalue weighted by molar-refractivity contribution is -0.0204. The molecule has 1 aliphatic heterocycles. The van der Waals surface area contributed by atoms with Crippen LogP contribution in [-0.2, 0) is 6.54 Å². The Labute approximate surface area is 255 Å². The van der Waals surface area contributed by atoms with Crippen LogP contribution in [0.15, 0.2) is 54.7 Å². The number of amides is 1. The largest absolute Gasteiger partial charge is 0.496 e. The molecule has 0 N–H and O–H groups in total. The highest BCUT2D eigenvalue weighted by Crippen LogP contribution is 2.61. The molecule has 218 valence electrons. The average molecular weight is 590 g/mol. The topological polar surface area (TPSA) is 56.6 Å². The molecule has 7 heteroatoms. The van der Waals surface area contributed by atoms with Crippen LogP contribution >= 0.6 is 11.3 Å². The van der Waals surface area contributed by atoms with Gasteiger partial charge in [0.2, 0.25) is 5.88 Å². The molecule has 1 saturated heterocycles. The lowest BCUT2D eigenvalue weighted by atomic mass is 9.53. The summed E-state index contributed by atoms with van der Waals surface area (Å²) in [4.78, 5) is 21.5. The van der Waals surface area contributed by atoms with Gasteiger partial charge in [0.15, 0.2) is 0 Å². The lowest BCUT2D eigenvalue weighted by Gasteiger charge is -2.52. The van der Waals surface area contributed by atoms with Crippen LogP contribution in [0.25, 0.3) is 42.7 Å². The molecule has 43 heavy (non-hydrogen) atoms. The fraction of sp³-hybridized carbons (Fsp3) is 0.389. The molecular weight excluding hydrogens is 554 g/mol. The van der Waals surface area contributed by atoms with E-state index < -0.39 is 0 Å². The van der Waals surface area contributed by atoms with Crippen LogP contribution in [-0.4, -0.2) is 47.2 Å². The fourth-order valence-corrected chi connectivity index (χ4v) is 9.60. The Bertz CT molecular complexity index is 1950. The zero-order valence-electron chi connectivity index (χ0n) is 24.8. The molecule has 0 bridgehead atoms. The summed E-state index contributed by atoms with van der Waals surface area (Å²) in [6, 6.07) is 17.7. The van der Waals surface area contributed by atoms with Gasteiger partial charge in [-0.15, -0.1) is 11.3 Å². The number of carbonyl (C=O) groups is 1. The molecule has 5 aromatic rings. The number of likely N-dealkylation sites (tertiary alicyclic amines) is 1. The van der Waals surface area contributed by atoms with Crippen molar-refractivity contribution in [2.45, 2.75) is 45.2 Å². The first-order chi connectivity index (χ1) is 21.0. The van der Waals surface area contributed by atoms with Crippen molar-refractivity contribution < 1.29 is 14.3 Å². The monoisotopic (exact) mass is 589 g/mol. The molecule has 4 atom stereocenters. The van der Waals surface area contributed by atoms with Gasteiger partial charge in [0.25, 0.3) is 5.91 Å². The molecule has 1 amide bonds. The van der Waals surface area contributed by atoms with Crippen LogP contribution in [0.3, 0.4) is 0 Å². The van der Waals surface area contributed by atoms with Crippen LogP contribution < -0.4 is 9.47 Å². The Morgan fingerprint density at radius 1 is 1.00 bits per heavy atom. The molecule has 3 aliphatic carbocycles. The molecule has 4 fully saturated rings. The number of hydrogen-bond donors (Lipinski definition) is 0. The number of fused-ring (bicyclic) bond motifs is 2. The summed E-state index contributed by atoms with van der Waals surface area (Å²) >= 11 is 1.79. The average Bonchev–Trinajstić information content (AvgIpc) is 3.69. The highest BCUT2D eigenvalue weighted by Gasteiger charge is 2.61. The summed E-state index contributed by atoms with van der Waals surface area (Å²) in [6.07, 6.45) is 6.87. The van der Waals surface area contributed by atoms with Gasteiger partial charge >= 0.3 is 0 Å². The lowest BCUT2D eigenvalue weighted by Crippen LogP contribution is -2.53. The van der Waals surface area contributed by atoms with Crippen molar-refractivity contribution >= 4 is 38.2 Å². The van der Waals surface area contributed by atoms with Gasteiger partial charge in [-0.25, -0.2) is 4.98 Å². The van der Waals surface area contributed by atoms with E-state index in [1.165, 1.54) is 52.7 Å². The van der Waals surface area contributed by atoms with Crippen LogP contribution in [0, 0.1) is 30.6 Å².